The fourth-order valence-corrected chi connectivity index (χ4v) is 1.42. The maximum atomic E-state index is 8.62. The molecule has 0 spiro atoms. The molecular weight excluding hydrogens is 218 g/mol. The van der Waals surface area contributed by atoms with Crippen LogP contribution in [0.25, 0.3) is 0 Å². The van der Waals surface area contributed by atoms with Gasteiger partial charge in [-0.15, -0.1) is 17.0 Å². The van der Waals surface area contributed by atoms with Crippen molar-refractivity contribution in [3.63, 3.8) is 0 Å². The van der Waals surface area contributed by atoms with Gasteiger partial charge >= 0.3 is 0 Å². The number of rotatable bonds is 6. The third-order valence-electron chi connectivity index (χ3n) is 2.22. The predicted molar refractivity (Wildman–Crippen MR) is 59.0 cm³/mol. The van der Waals surface area contributed by atoms with Crippen LogP contribution in [0.2, 0.25) is 0 Å². The Morgan fingerprint density at radius 1 is 1.25 bits per heavy atom. The normalized spacial score (nSPS) is 12.8. The van der Waals surface area contributed by atoms with Crippen molar-refractivity contribution < 1.29 is 5.11 Å². The van der Waals surface area contributed by atoms with Gasteiger partial charge in [-0.1, -0.05) is 13.8 Å². The van der Waals surface area contributed by atoms with E-state index >= 15 is 0 Å². The lowest BCUT2D eigenvalue weighted by molar-refractivity contribution is 0.200. The van der Waals surface area contributed by atoms with Crippen LogP contribution in [-0.2, 0) is 0 Å². The van der Waals surface area contributed by atoms with E-state index in [4.69, 9.17) is 5.11 Å². The number of nitrogens with zero attached hydrogens (tertiary/aromatic N) is 1. The van der Waals surface area contributed by atoms with Gasteiger partial charge in [0.25, 0.3) is 0 Å². The highest BCUT2D eigenvalue weighted by Gasteiger charge is 2.07. The zero-order valence-corrected chi connectivity index (χ0v) is 10.1. The van der Waals surface area contributed by atoms with Crippen LogP contribution in [0.1, 0.15) is 33.6 Å². The Bertz CT molecular complexity index is 86.6. The molecule has 0 bridgehead atoms. The number of aliphatic hydroxyl groups is 1. The minimum atomic E-state index is 0. The number of halogens is 1. The first kappa shape index (κ1) is 14.9. The summed E-state index contributed by atoms with van der Waals surface area (Å²) in [5, 5.41) is 8.62. The molecule has 0 fully saturated rings. The van der Waals surface area contributed by atoms with Crippen molar-refractivity contribution in [3.05, 3.63) is 0 Å². The largest absolute Gasteiger partial charge is 0.396 e. The average Bonchev–Trinajstić information content (AvgIpc) is 2.03. The van der Waals surface area contributed by atoms with Gasteiger partial charge in [-0.05, 0) is 32.9 Å². The van der Waals surface area contributed by atoms with Crippen LogP contribution in [0.15, 0.2) is 0 Å². The van der Waals surface area contributed by atoms with Crippen LogP contribution in [0.4, 0.5) is 0 Å². The molecule has 0 aromatic carbocycles. The number of aliphatic hydroxyl groups excluding tert-OH is 1. The summed E-state index contributed by atoms with van der Waals surface area (Å²) in [4.78, 5) is 2.41. The van der Waals surface area contributed by atoms with Gasteiger partial charge in [0.15, 0.2) is 0 Å². The van der Waals surface area contributed by atoms with E-state index in [-0.39, 0.29) is 17.0 Å². The fourth-order valence-electron chi connectivity index (χ4n) is 1.42. The second-order valence-electron chi connectivity index (χ2n) is 2.94. The van der Waals surface area contributed by atoms with Crippen LogP contribution in [0, 0.1) is 0 Å². The van der Waals surface area contributed by atoms with Gasteiger partial charge in [0.2, 0.25) is 0 Å². The highest BCUT2D eigenvalue weighted by Crippen LogP contribution is 2.04. The Labute approximate surface area is 86.7 Å². The maximum Gasteiger partial charge on any atom is 0.0431 e. The van der Waals surface area contributed by atoms with E-state index in [0.717, 1.165) is 25.9 Å². The minimum Gasteiger partial charge on any atom is -0.396 e. The lowest BCUT2D eigenvalue weighted by Gasteiger charge is -2.25. The minimum absolute atomic E-state index is 0. The van der Waals surface area contributed by atoms with Crippen LogP contribution in [0.3, 0.4) is 0 Å². The molecule has 0 radical (unpaired) electrons. The van der Waals surface area contributed by atoms with Crippen molar-refractivity contribution >= 4 is 17.0 Å². The van der Waals surface area contributed by atoms with Gasteiger partial charge in [-0.3, -0.25) is 0 Å². The van der Waals surface area contributed by atoms with E-state index in [1.54, 1.807) is 0 Å². The van der Waals surface area contributed by atoms with Gasteiger partial charge < -0.3 is 10.0 Å². The van der Waals surface area contributed by atoms with Crippen LogP contribution < -0.4 is 0 Å². The number of hydrogen-bond donors (Lipinski definition) is 1. The molecule has 0 aromatic rings. The third-order valence-corrected chi connectivity index (χ3v) is 2.22. The summed E-state index contributed by atoms with van der Waals surface area (Å²) >= 11 is 0. The summed E-state index contributed by atoms with van der Waals surface area (Å²) in [5.74, 6) is 0. The summed E-state index contributed by atoms with van der Waals surface area (Å²) in [6.07, 6.45) is 2.04. The van der Waals surface area contributed by atoms with Gasteiger partial charge in [-0.2, -0.15) is 0 Å². The molecule has 0 amide bonds. The van der Waals surface area contributed by atoms with Crippen molar-refractivity contribution in [2.75, 3.05) is 19.7 Å². The molecule has 12 heavy (non-hydrogen) atoms. The Kier molecular flexibility index (Phi) is 11.8. The van der Waals surface area contributed by atoms with Gasteiger partial charge in [0.1, 0.15) is 0 Å². The molecule has 0 saturated carbocycles. The van der Waals surface area contributed by atoms with Gasteiger partial charge in [0, 0.05) is 12.6 Å². The highest BCUT2D eigenvalue weighted by atomic mass is 79.9. The highest BCUT2D eigenvalue weighted by molar-refractivity contribution is 8.93. The third kappa shape index (κ3) is 5.98. The molecule has 1 atom stereocenters. The molecule has 0 heterocycles. The second kappa shape index (κ2) is 9.49. The summed E-state index contributed by atoms with van der Waals surface area (Å²) in [5.41, 5.74) is 0. The van der Waals surface area contributed by atoms with Crippen molar-refractivity contribution in [2.45, 2.75) is 39.7 Å². The first-order valence-electron chi connectivity index (χ1n) is 4.61. The summed E-state index contributed by atoms with van der Waals surface area (Å²) < 4.78 is 0. The molecule has 3 heteroatoms. The van der Waals surface area contributed by atoms with Crippen molar-refractivity contribution in [1.82, 2.24) is 4.90 Å². The summed E-state index contributed by atoms with van der Waals surface area (Å²) in [6.45, 7) is 9.14. The molecule has 2 nitrogen and oxygen atoms in total. The smallest absolute Gasteiger partial charge is 0.0431 e. The van der Waals surface area contributed by atoms with E-state index in [2.05, 4.69) is 25.7 Å². The Balaban J connectivity index is 0. The number of hydrogen-bond acceptors (Lipinski definition) is 2. The monoisotopic (exact) mass is 239 g/mol. The first-order chi connectivity index (χ1) is 5.26. The molecule has 0 aliphatic rings. The van der Waals surface area contributed by atoms with E-state index < -0.39 is 0 Å². The topological polar surface area (TPSA) is 23.5 Å². The quantitative estimate of drug-likeness (QED) is 0.768. The molecule has 1 N–H and O–H groups in total. The molecule has 0 rings (SSSR count). The lowest BCUT2D eigenvalue weighted by atomic mass is 10.1. The van der Waals surface area contributed by atoms with Crippen molar-refractivity contribution in [3.8, 4) is 0 Å². The Hall–Kier alpha value is 0.400. The SMILES string of the molecule is Br.CCN(CC)C(C)CCCO. The van der Waals surface area contributed by atoms with E-state index in [9.17, 15) is 0 Å². The summed E-state index contributed by atoms with van der Waals surface area (Å²) in [6, 6.07) is 0.622. The zero-order chi connectivity index (χ0) is 8.69. The Morgan fingerprint density at radius 3 is 2.08 bits per heavy atom. The fraction of sp³-hybridized carbons (Fsp3) is 1.00. The molecule has 0 saturated heterocycles. The van der Waals surface area contributed by atoms with Crippen molar-refractivity contribution in [2.24, 2.45) is 0 Å². The van der Waals surface area contributed by atoms with E-state index in [0.29, 0.717) is 12.6 Å². The van der Waals surface area contributed by atoms with E-state index in [1.807, 2.05) is 0 Å². The molecule has 0 aliphatic carbocycles. The van der Waals surface area contributed by atoms with Crippen LogP contribution in [-0.4, -0.2) is 35.7 Å². The predicted octanol–water partition coefficient (Wildman–Crippen LogP) is 2.07. The standard InChI is InChI=1S/C9H21NO.BrH/c1-4-10(5-2)9(3)7-6-8-11;/h9,11H,4-8H2,1-3H3;1H. The molecule has 0 aromatic heterocycles. The van der Waals surface area contributed by atoms with Crippen molar-refractivity contribution in [1.29, 1.82) is 0 Å². The second-order valence-corrected chi connectivity index (χ2v) is 2.94. The molecular formula is C9H22BrNO. The van der Waals surface area contributed by atoms with Gasteiger partial charge in [-0.25, -0.2) is 0 Å². The zero-order valence-electron chi connectivity index (χ0n) is 8.42. The maximum absolute atomic E-state index is 8.62. The van der Waals surface area contributed by atoms with E-state index in [1.165, 1.54) is 0 Å². The molecule has 1 unspecified atom stereocenters. The summed E-state index contributed by atoms with van der Waals surface area (Å²) in [7, 11) is 0. The van der Waals surface area contributed by atoms with Crippen LogP contribution >= 0.6 is 17.0 Å². The van der Waals surface area contributed by atoms with Gasteiger partial charge in [0.05, 0.1) is 0 Å². The molecule has 0 aliphatic heterocycles. The molecule has 76 valence electrons. The lowest BCUT2D eigenvalue weighted by Crippen LogP contribution is -2.32. The first-order valence-corrected chi connectivity index (χ1v) is 4.61. The average molecular weight is 240 g/mol. The van der Waals surface area contributed by atoms with Crippen LogP contribution in [0.5, 0.6) is 0 Å². The Morgan fingerprint density at radius 2 is 1.75 bits per heavy atom.